The van der Waals surface area contributed by atoms with Gasteiger partial charge in [-0.05, 0) is 43.0 Å². The summed E-state index contributed by atoms with van der Waals surface area (Å²) in [5.41, 5.74) is 1.57. The SMILES string of the molecule is C[C@@H]1C[C@H](C(=O)N[C@H](C(=O)O)c2ccc3c(c2)CCO3)CCO1. The van der Waals surface area contributed by atoms with Crippen LogP contribution in [0.4, 0.5) is 0 Å². The van der Waals surface area contributed by atoms with Gasteiger partial charge in [0.2, 0.25) is 5.91 Å². The van der Waals surface area contributed by atoms with Gasteiger partial charge in [-0.2, -0.15) is 0 Å². The van der Waals surface area contributed by atoms with Gasteiger partial charge in [0.1, 0.15) is 5.75 Å². The van der Waals surface area contributed by atoms with Crippen molar-refractivity contribution < 1.29 is 24.2 Å². The summed E-state index contributed by atoms with van der Waals surface area (Å²) in [6.45, 7) is 3.07. The van der Waals surface area contributed by atoms with Crippen LogP contribution in [0.25, 0.3) is 0 Å². The van der Waals surface area contributed by atoms with Gasteiger partial charge in [0.25, 0.3) is 0 Å². The Balaban J connectivity index is 1.74. The minimum absolute atomic E-state index is 0.0277. The summed E-state index contributed by atoms with van der Waals surface area (Å²) in [7, 11) is 0. The molecule has 0 spiro atoms. The fraction of sp³-hybridized carbons (Fsp3) is 0.529. The van der Waals surface area contributed by atoms with Crippen LogP contribution >= 0.6 is 0 Å². The number of hydrogen-bond acceptors (Lipinski definition) is 4. The highest BCUT2D eigenvalue weighted by Gasteiger charge is 2.30. The fourth-order valence-corrected chi connectivity index (χ4v) is 3.17. The third-order valence-corrected chi connectivity index (χ3v) is 4.44. The van der Waals surface area contributed by atoms with E-state index in [2.05, 4.69) is 5.32 Å². The Labute approximate surface area is 134 Å². The number of aliphatic carboxylic acids is 1. The summed E-state index contributed by atoms with van der Waals surface area (Å²) < 4.78 is 10.9. The predicted molar refractivity (Wildman–Crippen MR) is 82.3 cm³/mol. The molecular formula is C17H21NO5. The highest BCUT2D eigenvalue weighted by atomic mass is 16.5. The molecule has 3 atom stereocenters. The summed E-state index contributed by atoms with van der Waals surface area (Å²) in [6, 6.07) is 4.26. The van der Waals surface area contributed by atoms with Gasteiger partial charge >= 0.3 is 5.97 Å². The van der Waals surface area contributed by atoms with Crippen molar-refractivity contribution in [2.24, 2.45) is 5.92 Å². The molecule has 0 aromatic heterocycles. The van der Waals surface area contributed by atoms with Crippen molar-refractivity contribution >= 4 is 11.9 Å². The molecule has 2 N–H and O–H groups in total. The lowest BCUT2D eigenvalue weighted by Gasteiger charge is -2.27. The van der Waals surface area contributed by atoms with Crippen molar-refractivity contribution in [2.45, 2.75) is 38.3 Å². The average molecular weight is 319 g/mol. The molecular weight excluding hydrogens is 298 g/mol. The van der Waals surface area contributed by atoms with E-state index in [1.807, 2.05) is 13.0 Å². The molecule has 1 saturated heterocycles. The highest BCUT2D eigenvalue weighted by molar-refractivity contribution is 5.86. The second kappa shape index (κ2) is 6.58. The van der Waals surface area contributed by atoms with E-state index >= 15 is 0 Å². The summed E-state index contributed by atoms with van der Waals surface area (Å²) in [4.78, 5) is 24.0. The third kappa shape index (κ3) is 3.47. The van der Waals surface area contributed by atoms with Crippen LogP contribution in [-0.2, 0) is 20.7 Å². The largest absolute Gasteiger partial charge is 0.493 e. The first-order valence-corrected chi connectivity index (χ1v) is 7.95. The number of carbonyl (C=O) groups excluding carboxylic acids is 1. The molecule has 0 saturated carbocycles. The zero-order valence-corrected chi connectivity index (χ0v) is 13.1. The molecule has 1 fully saturated rings. The number of nitrogens with one attached hydrogen (secondary N) is 1. The van der Waals surface area contributed by atoms with Crippen molar-refractivity contribution in [1.82, 2.24) is 5.32 Å². The van der Waals surface area contributed by atoms with Gasteiger partial charge in [-0.1, -0.05) is 6.07 Å². The Morgan fingerprint density at radius 3 is 2.91 bits per heavy atom. The lowest BCUT2D eigenvalue weighted by molar-refractivity contribution is -0.143. The molecule has 0 radical (unpaired) electrons. The number of amides is 1. The number of carboxylic acids is 1. The minimum Gasteiger partial charge on any atom is -0.493 e. The molecule has 0 bridgehead atoms. The Hall–Kier alpha value is -2.08. The van der Waals surface area contributed by atoms with E-state index in [4.69, 9.17) is 9.47 Å². The van der Waals surface area contributed by atoms with Crippen molar-refractivity contribution in [3.05, 3.63) is 29.3 Å². The number of benzene rings is 1. The zero-order chi connectivity index (χ0) is 16.4. The lowest BCUT2D eigenvalue weighted by atomic mass is 9.94. The van der Waals surface area contributed by atoms with Crippen LogP contribution in [0.3, 0.4) is 0 Å². The van der Waals surface area contributed by atoms with Gasteiger partial charge in [0.15, 0.2) is 6.04 Å². The Kier molecular flexibility index (Phi) is 4.52. The second-order valence-electron chi connectivity index (χ2n) is 6.15. The molecule has 2 heterocycles. The molecule has 2 aliphatic heterocycles. The van der Waals surface area contributed by atoms with Gasteiger partial charge < -0.3 is 19.9 Å². The van der Waals surface area contributed by atoms with Gasteiger partial charge in [-0.15, -0.1) is 0 Å². The van der Waals surface area contributed by atoms with Crippen molar-refractivity contribution in [1.29, 1.82) is 0 Å². The maximum absolute atomic E-state index is 12.4. The molecule has 3 rings (SSSR count). The quantitative estimate of drug-likeness (QED) is 0.882. The van der Waals surface area contributed by atoms with E-state index in [9.17, 15) is 14.7 Å². The van der Waals surface area contributed by atoms with Gasteiger partial charge in [0, 0.05) is 18.9 Å². The minimum atomic E-state index is -1.06. The second-order valence-corrected chi connectivity index (χ2v) is 6.15. The summed E-state index contributed by atoms with van der Waals surface area (Å²) >= 11 is 0. The van der Waals surface area contributed by atoms with Crippen LogP contribution in [-0.4, -0.2) is 36.3 Å². The van der Waals surface area contributed by atoms with E-state index in [0.29, 0.717) is 31.6 Å². The normalized spacial score (nSPS) is 24.4. The Morgan fingerprint density at radius 1 is 1.35 bits per heavy atom. The number of carboxylic acid groups (broad SMARTS) is 1. The molecule has 6 nitrogen and oxygen atoms in total. The number of carbonyl (C=O) groups is 2. The van der Waals surface area contributed by atoms with Gasteiger partial charge in [-0.25, -0.2) is 4.79 Å². The van der Waals surface area contributed by atoms with Crippen LogP contribution in [0.2, 0.25) is 0 Å². The van der Waals surface area contributed by atoms with E-state index in [-0.39, 0.29) is 17.9 Å². The Bertz CT molecular complexity index is 615. The van der Waals surface area contributed by atoms with Crippen LogP contribution in [0.5, 0.6) is 5.75 Å². The first-order valence-electron chi connectivity index (χ1n) is 7.95. The van der Waals surface area contributed by atoms with Gasteiger partial charge in [-0.3, -0.25) is 4.79 Å². The zero-order valence-electron chi connectivity index (χ0n) is 13.1. The van der Waals surface area contributed by atoms with Crippen LogP contribution in [0.1, 0.15) is 36.9 Å². The van der Waals surface area contributed by atoms with E-state index in [1.165, 1.54) is 0 Å². The first-order chi connectivity index (χ1) is 11.0. The summed E-state index contributed by atoms with van der Waals surface area (Å²) in [5.74, 6) is -0.678. The maximum Gasteiger partial charge on any atom is 0.330 e. The molecule has 1 aromatic carbocycles. The van der Waals surface area contributed by atoms with E-state index in [0.717, 1.165) is 17.7 Å². The van der Waals surface area contributed by atoms with Crippen LogP contribution < -0.4 is 10.1 Å². The topological polar surface area (TPSA) is 84.9 Å². The van der Waals surface area contributed by atoms with Gasteiger partial charge in [0.05, 0.1) is 12.7 Å². The summed E-state index contributed by atoms with van der Waals surface area (Å²) in [6.07, 6.45) is 2.04. The first kappa shape index (κ1) is 15.8. The van der Waals surface area contributed by atoms with Crippen molar-refractivity contribution in [2.75, 3.05) is 13.2 Å². The lowest BCUT2D eigenvalue weighted by Crippen LogP contribution is -2.40. The number of rotatable bonds is 4. The maximum atomic E-state index is 12.4. The number of ether oxygens (including phenoxy) is 2. The molecule has 124 valence electrons. The monoisotopic (exact) mass is 319 g/mol. The van der Waals surface area contributed by atoms with E-state index in [1.54, 1.807) is 12.1 Å². The number of hydrogen-bond donors (Lipinski definition) is 2. The smallest absolute Gasteiger partial charge is 0.330 e. The van der Waals surface area contributed by atoms with E-state index < -0.39 is 12.0 Å². The summed E-state index contributed by atoms with van der Waals surface area (Å²) in [5, 5.41) is 12.2. The number of fused-ring (bicyclic) bond motifs is 1. The predicted octanol–water partition coefficient (Wildman–Crippen LogP) is 1.68. The highest BCUT2D eigenvalue weighted by Crippen LogP contribution is 2.29. The molecule has 1 amide bonds. The third-order valence-electron chi connectivity index (χ3n) is 4.44. The average Bonchev–Trinajstić information content (AvgIpc) is 2.99. The fourth-order valence-electron chi connectivity index (χ4n) is 3.17. The van der Waals surface area contributed by atoms with Crippen LogP contribution in [0, 0.1) is 5.92 Å². The molecule has 1 aromatic rings. The molecule has 0 aliphatic carbocycles. The molecule has 6 heteroatoms. The van der Waals surface area contributed by atoms with Crippen molar-refractivity contribution in [3.8, 4) is 5.75 Å². The standard InChI is InChI=1S/C17H21NO5/c1-10-8-13(5-6-22-10)16(19)18-15(17(20)21)12-2-3-14-11(9-12)4-7-23-14/h2-3,9-10,13,15H,4-8H2,1H3,(H,18,19)(H,20,21)/t10-,13-,15+/m1/s1. The van der Waals surface area contributed by atoms with Crippen LogP contribution in [0.15, 0.2) is 18.2 Å². The van der Waals surface area contributed by atoms with Crippen molar-refractivity contribution in [3.63, 3.8) is 0 Å². The Morgan fingerprint density at radius 2 is 2.17 bits per heavy atom. The molecule has 2 aliphatic rings. The molecule has 23 heavy (non-hydrogen) atoms. The molecule has 0 unspecified atom stereocenters.